The van der Waals surface area contributed by atoms with Gasteiger partial charge in [-0.15, -0.1) is 0 Å². The summed E-state index contributed by atoms with van der Waals surface area (Å²) in [5.41, 5.74) is 2.17. The molecule has 0 aromatic carbocycles. The highest BCUT2D eigenvalue weighted by Crippen LogP contribution is 2.52. The van der Waals surface area contributed by atoms with E-state index in [1.807, 2.05) is 30.6 Å². The molecule has 9 nitrogen and oxygen atoms in total. The number of hydrogen-bond acceptors (Lipinski definition) is 6. The molecule has 5 heterocycles. The second kappa shape index (κ2) is 6.47. The Labute approximate surface area is 177 Å². The van der Waals surface area contributed by atoms with E-state index in [4.69, 9.17) is 4.98 Å². The van der Waals surface area contributed by atoms with E-state index in [0.29, 0.717) is 24.5 Å². The van der Waals surface area contributed by atoms with Crippen molar-refractivity contribution in [1.29, 1.82) is 5.26 Å². The normalized spacial score (nSPS) is 21.0. The van der Waals surface area contributed by atoms with Gasteiger partial charge in [0.15, 0.2) is 5.82 Å². The minimum atomic E-state index is -0.916. The van der Waals surface area contributed by atoms with Gasteiger partial charge in [0.2, 0.25) is 5.91 Å². The van der Waals surface area contributed by atoms with Crippen LogP contribution in [-0.2, 0) is 4.79 Å². The van der Waals surface area contributed by atoms with Gasteiger partial charge < -0.3 is 0 Å². The van der Waals surface area contributed by atoms with Crippen molar-refractivity contribution in [2.45, 2.75) is 19.3 Å². The number of fused-ring (bicyclic) bond motifs is 1. The van der Waals surface area contributed by atoms with E-state index in [1.54, 1.807) is 38.9 Å². The molecule has 152 valence electrons. The van der Waals surface area contributed by atoms with Crippen molar-refractivity contribution in [2.24, 2.45) is 11.3 Å². The van der Waals surface area contributed by atoms with Crippen molar-refractivity contribution < 1.29 is 4.79 Å². The fourth-order valence-electron chi connectivity index (χ4n) is 4.43. The fraction of sp³-hybridized carbons (Fsp3) is 0.273. The summed E-state index contributed by atoms with van der Waals surface area (Å²) >= 11 is 0. The number of aromatic nitrogens is 6. The van der Waals surface area contributed by atoms with Crippen molar-refractivity contribution in [3.63, 3.8) is 0 Å². The average molecular weight is 410 g/mol. The number of nitriles is 1. The fourth-order valence-corrected chi connectivity index (χ4v) is 4.43. The van der Waals surface area contributed by atoms with Gasteiger partial charge in [0, 0.05) is 30.7 Å². The quantitative estimate of drug-likeness (QED) is 0.512. The summed E-state index contributed by atoms with van der Waals surface area (Å²) < 4.78 is 3.47. The molecule has 6 rings (SSSR count). The number of carbonyl (C=O) groups is 1. The van der Waals surface area contributed by atoms with Crippen LogP contribution in [0.25, 0.3) is 22.5 Å². The number of hydrogen-bond donors (Lipinski definition) is 0. The summed E-state index contributed by atoms with van der Waals surface area (Å²) in [5.74, 6) is 0.560. The van der Waals surface area contributed by atoms with Crippen LogP contribution in [0.1, 0.15) is 19.3 Å². The summed E-state index contributed by atoms with van der Waals surface area (Å²) in [5, 5.41) is 18.6. The van der Waals surface area contributed by atoms with Gasteiger partial charge in [-0.2, -0.15) is 15.5 Å². The minimum absolute atomic E-state index is 0.141. The Morgan fingerprint density at radius 1 is 1.10 bits per heavy atom. The van der Waals surface area contributed by atoms with Crippen LogP contribution in [0, 0.1) is 22.7 Å². The molecule has 2 fully saturated rings. The molecule has 0 N–H and O–H groups in total. The van der Waals surface area contributed by atoms with Gasteiger partial charge in [0.1, 0.15) is 10.9 Å². The molecular weight excluding hydrogens is 392 g/mol. The second-order valence-corrected chi connectivity index (χ2v) is 8.05. The molecule has 31 heavy (non-hydrogen) atoms. The van der Waals surface area contributed by atoms with Gasteiger partial charge in [-0.1, -0.05) is 0 Å². The van der Waals surface area contributed by atoms with Crippen molar-refractivity contribution in [3.8, 4) is 23.0 Å². The highest BCUT2D eigenvalue weighted by molar-refractivity contribution is 6.04. The molecule has 1 amide bonds. The van der Waals surface area contributed by atoms with Crippen LogP contribution in [0.15, 0.2) is 55.4 Å². The van der Waals surface area contributed by atoms with Gasteiger partial charge in [0.25, 0.3) is 0 Å². The Bertz CT molecular complexity index is 1350. The third-order valence-corrected chi connectivity index (χ3v) is 6.26. The zero-order valence-electron chi connectivity index (χ0n) is 16.6. The van der Waals surface area contributed by atoms with Crippen LogP contribution >= 0.6 is 0 Å². The van der Waals surface area contributed by atoms with Gasteiger partial charge in [0.05, 0.1) is 36.0 Å². The molecule has 1 atom stereocenters. The topological polar surface area (TPSA) is 105 Å². The Morgan fingerprint density at radius 3 is 2.71 bits per heavy atom. The predicted molar refractivity (Wildman–Crippen MR) is 111 cm³/mol. The standard InChI is InChI=1S/C22H18N8O/c23-14-22(16-1-2-16)6-10-28(21(22)31)20-19-5-9-25-30(19)13-18(27-20)15-11-26-29(12-15)17-3-7-24-8-4-17/h3-5,7-9,11-13,16H,1-2,6,10H2/t22-/m1/s1. The van der Waals surface area contributed by atoms with E-state index < -0.39 is 5.41 Å². The van der Waals surface area contributed by atoms with E-state index in [1.165, 1.54) is 0 Å². The molecule has 1 saturated carbocycles. The molecule has 0 unspecified atom stereocenters. The maximum Gasteiger partial charge on any atom is 0.249 e. The number of carbonyl (C=O) groups excluding carboxylic acids is 1. The highest BCUT2D eigenvalue weighted by Gasteiger charge is 2.57. The zero-order chi connectivity index (χ0) is 21.0. The van der Waals surface area contributed by atoms with Crippen LogP contribution in [0.3, 0.4) is 0 Å². The molecule has 0 radical (unpaired) electrons. The monoisotopic (exact) mass is 410 g/mol. The largest absolute Gasteiger partial charge is 0.294 e. The molecule has 4 aromatic heterocycles. The van der Waals surface area contributed by atoms with Crippen molar-refractivity contribution >= 4 is 17.2 Å². The lowest BCUT2D eigenvalue weighted by Gasteiger charge is -2.21. The molecule has 1 saturated heterocycles. The Kier molecular flexibility index (Phi) is 3.71. The molecule has 4 aromatic rings. The first-order valence-electron chi connectivity index (χ1n) is 10.2. The maximum absolute atomic E-state index is 13.4. The lowest BCUT2D eigenvalue weighted by atomic mass is 9.83. The minimum Gasteiger partial charge on any atom is -0.294 e. The Morgan fingerprint density at radius 2 is 1.94 bits per heavy atom. The predicted octanol–water partition coefficient (Wildman–Crippen LogP) is 2.63. The van der Waals surface area contributed by atoms with Crippen LogP contribution in [-0.4, -0.2) is 41.8 Å². The molecular formula is C22H18N8O. The van der Waals surface area contributed by atoms with E-state index in [-0.39, 0.29) is 11.8 Å². The molecule has 0 bridgehead atoms. The summed E-state index contributed by atoms with van der Waals surface area (Å²) in [7, 11) is 0. The lowest BCUT2D eigenvalue weighted by Crippen LogP contribution is -2.36. The van der Waals surface area contributed by atoms with E-state index in [0.717, 1.165) is 29.6 Å². The van der Waals surface area contributed by atoms with E-state index >= 15 is 0 Å². The Balaban J connectivity index is 1.43. The summed E-state index contributed by atoms with van der Waals surface area (Å²) in [6.45, 7) is 0.483. The van der Waals surface area contributed by atoms with Gasteiger partial charge in [-0.3, -0.25) is 14.7 Å². The zero-order valence-corrected chi connectivity index (χ0v) is 16.6. The van der Waals surface area contributed by atoms with Gasteiger partial charge in [-0.05, 0) is 43.4 Å². The maximum atomic E-state index is 13.4. The van der Waals surface area contributed by atoms with Crippen molar-refractivity contribution in [1.82, 2.24) is 29.4 Å². The summed E-state index contributed by atoms with van der Waals surface area (Å²) in [4.78, 5) is 23.9. The van der Waals surface area contributed by atoms with Crippen LogP contribution in [0.4, 0.5) is 5.82 Å². The number of pyridine rings is 1. The van der Waals surface area contributed by atoms with Gasteiger partial charge >= 0.3 is 0 Å². The first-order valence-corrected chi connectivity index (χ1v) is 10.2. The smallest absolute Gasteiger partial charge is 0.249 e. The molecule has 1 aliphatic heterocycles. The van der Waals surface area contributed by atoms with Crippen molar-refractivity contribution in [2.75, 3.05) is 11.4 Å². The first-order chi connectivity index (χ1) is 15.2. The number of nitrogens with zero attached hydrogens (tertiary/aromatic N) is 8. The number of anilines is 1. The number of rotatable bonds is 4. The third kappa shape index (κ3) is 2.65. The van der Waals surface area contributed by atoms with Crippen LogP contribution in [0.2, 0.25) is 0 Å². The highest BCUT2D eigenvalue weighted by atomic mass is 16.2. The molecule has 2 aliphatic rings. The van der Waals surface area contributed by atoms with E-state index in [2.05, 4.69) is 21.3 Å². The lowest BCUT2D eigenvalue weighted by molar-refractivity contribution is -0.123. The summed E-state index contributed by atoms with van der Waals surface area (Å²) in [6.07, 6.45) is 13.0. The van der Waals surface area contributed by atoms with Crippen LogP contribution < -0.4 is 4.90 Å². The molecule has 9 heteroatoms. The van der Waals surface area contributed by atoms with Crippen LogP contribution in [0.5, 0.6) is 0 Å². The van der Waals surface area contributed by atoms with Gasteiger partial charge in [-0.25, -0.2) is 14.2 Å². The van der Waals surface area contributed by atoms with Crippen molar-refractivity contribution in [3.05, 3.63) is 55.4 Å². The Hall–Kier alpha value is -4.06. The third-order valence-electron chi connectivity index (χ3n) is 6.26. The molecule has 0 spiro atoms. The average Bonchev–Trinajstić information content (AvgIpc) is 3.23. The first kappa shape index (κ1) is 17.8. The number of amides is 1. The molecule has 1 aliphatic carbocycles. The summed E-state index contributed by atoms with van der Waals surface area (Å²) in [6, 6.07) is 7.91. The second-order valence-electron chi connectivity index (χ2n) is 8.05. The SMILES string of the molecule is N#C[C@@]1(C2CC2)CCN(c2nc(-c3cnn(-c4ccncc4)c3)cn3nccc23)C1=O. The van der Waals surface area contributed by atoms with E-state index in [9.17, 15) is 10.1 Å².